The summed E-state index contributed by atoms with van der Waals surface area (Å²) < 4.78 is 20.8. The number of halogens is 2. The standard InChI is InChI=1S/C31H36ClFN4O4/c1-19-8-4-13-26(36-31(40)24-18-34-37(20(24)2)27-14-7-12-25(32)29(27)33)22-10-5-9-21(16-22)17-23(35-30(19)39)11-6-15-28(38)41-3/h5,7,9-10,12,14,16,18-19,23,26H,4,6,8,11,13,15,17H2,1-3H3,(H,35,39)(H,36,40)/t19-,23+,26+/m1/s1. The van der Waals surface area contributed by atoms with E-state index in [0.717, 1.165) is 17.5 Å². The molecule has 0 aliphatic carbocycles. The Bertz CT molecular complexity index is 1410. The summed E-state index contributed by atoms with van der Waals surface area (Å²) in [5.41, 5.74) is 2.99. The molecular formula is C31H36ClFN4O4. The summed E-state index contributed by atoms with van der Waals surface area (Å²) in [7, 11) is 1.37. The van der Waals surface area contributed by atoms with Gasteiger partial charge in [0.1, 0.15) is 5.69 Å². The average molecular weight is 583 g/mol. The van der Waals surface area contributed by atoms with Crippen molar-refractivity contribution in [1.82, 2.24) is 20.4 Å². The first kappa shape index (κ1) is 30.2. The molecule has 2 N–H and O–H groups in total. The van der Waals surface area contributed by atoms with E-state index in [0.29, 0.717) is 49.8 Å². The van der Waals surface area contributed by atoms with E-state index in [4.69, 9.17) is 16.3 Å². The molecule has 0 unspecified atom stereocenters. The molecule has 1 aliphatic rings. The van der Waals surface area contributed by atoms with E-state index in [-0.39, 0.29) is 46.5 Å². The molecule has 1 aromatic heterocycles. The van der Waals surface area contributed by atoms with E-state index in [2.05, 4.69) is 21.8 Å². The zero-order valence-electron chi connectivity index (χ0n) is 23.6. The van der Waals surface area contributed by atoms with Gasteiger partial charge in [-0.2, -0.15) is 5.10 Å². The Labute approximate surface area is 244 Å². The molecule has 3 aromatic rings. The van der Waals surface area contributed by atoms with E-state index in [1.54, 1.807) is 19.1 Å². The highest BCUT2D eigenvalue weighted by Crippen LogP contribution is 2.27. The van der Waals surface area contributed by atoms with Crippen molar-refractivity contribution >= 4 is 29.4 Å². The van der Waals surface area contributed by atoms with Crippen molar-refractivity contribution in [2.45, 2.75) is 70.9 Å². The van der Waals surface area contributed by atoms with Crippen molar-refractivity contribution in [3.8, 4) is 5.69 Å². The molecule has 0 radical (unpaired) electrons. The maximum atomic E-state index is 14.7. The lowest BCUT2D eigenvalue weighted by atomic mass is 9.92. The Morgan fingerprint density at radius 1 is 1.22 bits per heavy atom. The number of esters is 1. The maximum absolute atomic E-state index is 14.7. The van der Waals surface area contributed by atoms with Gasteiger partial charge in [-0.15, -0.1) is 0 Å². The van der Waals surface area contributed by atoms with Gasteiger partial charge in [-0.1, -0.05) is 55.3 Å². The number of rotatable bonds is 7. The van der Waals surface area contributed by atoms with Crippen LogP contribution in [-0.4, -0.2) is 40.7 Å². The Kier molecular flexibility index (Phi) is 10.2. The van der Waals surface area contributed by atoms with Crippen LogP contribution in [0.5, 0.6) is 0 Å². The molecule has 2 heterocycles. The maximum Gasteiger partial charge on any atom is 0.305 e. The summed E-state index contributed by atoms with van der Waals surface area (Å²) >= 11 is 5.95. The molecule has 2 amide bonds. The van der Waals surface area contributed by atoms with Crippen LogP contribution in [0.3, 0.4) is 0 Å². The first-order valence-electron chi connectivity index (χ1n) is 13.9. The highest BCUT2D eigenvalue weighted by atomic mass is 35.5. The van der Waals surface area contributed by atoms with Crippen molar-refractivity contribution in [3.05, 3.63) is 81.9 Å². The lowest BCUT2D eigenvalue weighted by molar-refractivity contribution is -0.140. The van der Waals surface area contributed by atoms with Gasteiger partial charge in [-0.25, -0.2) is 9.07 Å². The molecule has 10 heteroatoms. The Morgan fingerprint density at radius 2 is 2.00 bits per heavy atom. The Hall–Kier alpha value is -3.72. The zero-order valence-corrected chi connectivity index (χ0v) is 24.3. The van der Waals surface area contributed by atoms with Crippen LogP contribution in [0.25, 0.3) is 5.69 Å². The normalized spacial score (nSPS) is 19.4. The second-order valence-electron chi connectivity index (χ2n) is 10.6. The van der Waals surface area contributed by atoms with E-state index >= 15 is 0 Å². The Morgan fingerprint density at radius 3 is 2.78 bits per heavy atom. The quantitative estimate of drug-likeness (QED) is 0.351. The van der Waals surface area contributed by atoms with Crippen LogP contribution in [0.2, 0.25) is 5.02 Å². The summed E-state index contributed by atoms with van der Waals surface area (Å²) in [6.07, 6.45) is 5.62. The predicted octanol–water partition coefficient (Wildman–Crippen LogP) is 5.63. The van der Waals surface area contributed by atoms with Gasteiger partial charge in [0.2, 0.25) is 5.91 Å². The second-order valence-corrected chi connectivity index (χ2v) is 11.0. The predicted molar refractivity (Wildman–Crippen MR) is 154 cm³/mol. The number of benzene rings is 2. The second kappa shape index (κ2) is 13.8. The number of carbonyl (C=O) groups is 3. The minimum absolute atomic E-state index is 0.0123. The molecule has 0 saturated heterocycles. The molecule has 218 valence electrons. The number of nitrogens with one attached hydrogen (secondary N) is 2. The summed E-state index contributed by atoms with van der Waals surface area (Å²) in [5.74, 6) is -1.39. The zero-order chi connectivity index (χ0) is 29.5. The van der Waals surface area contributed by atoms with Crippen LogP contribution in [0.1, 0.15) is 78.7 Å². The summed E-state index contributed by atoms with van der Waals surface area (Å²) in [4.78, 5) is 38.0. The first-order valence-corrected chi connectivity index (χ1v) is 14.3. The number of nitrogens with zero attached hydrogens (tertiary/aromatic N) is 2. The molecule has 41 heavy (non-hydrogen) atoms. The summed E-state index contributed by atoms with van der Waals surface area (Å²) in [6.45, 7) is 3.62. The van der Waals surface area contributed by atoms with Gasteiger partial charge < -0.3 is 15.4 Å². The summed E-state index contributed by atoms with van der Waals surface area (Å²) in [6, 6.07) is 12.2. The molecule has 0 saturated carbocycles. The van der Waals surface area contributed by atoms with Crippen LogP contribution in [0.15, 0.2) is 48.7 Å². The molecule has 1 aliphatic heterocycles. The van der Waals surface area contributed by atoms with Crippen molar-refractivity contribution in [3.63, 3.8) is 0 Å². The molecule has 8 nitrogen and oxygen atoms in total. The molecular weight excluding hydrogens is 547 g/mol. The molecule has 0 spiro atoms. The third-order valence-electron chi connectivity index (χ3n) is 7.64. The van der Waals surface area contributed by atoms with Crippen LogP contribution in [0.4, 0.5) is 4.39 Å². The van der Waals surface area contributed by atoms with Gasteiger partial charge in [-0.3, -0.25) is 14.4 Å². The monoisotopic (exact) mass is 582 g/mol. The molecule has 3 atom stereocenters. The fourth-order valence-electron chi connectivity index (χ4n) is 5.23. The lowest BCUT2D eigenvalue weighted by Gasteiger charge is -2.25. The van der Waals surface area contributed by atoms with Crippen LogP contribution in [-0.2, 0) is 20.7 Å². The number of hydrogen-bond donors (Lipinski definition) is 2. The highest BCUT2D eigenvalue weighted by Gasteiger charge is 2.24. The van der Waals surface area contributed by atoms with Crippen molar-refractivity contribution in [2.24, 2.45) is 5.92 Å². The van der Waals surface area contributed by atoms with E-state index in [9.17, 15) is 18.8 Å². The largest absolute Gasteiger partial charge is 0.469 e. The third-order valence-corrected chi connectivity index (χ3v) is 7.93. The number of hydrogen-bond acceptors (Lipinski definition) is 5. The molecule has 2 bridgehead atoms. The van der Waals surface area contributed by atoms with E-state index in [1.807, 2.05) is 25.1 Å². The minimum atomic E-state index is -0.606. The van der Waals surface area contributed by atoms with Crippen molar-refractivity contribution in [2.75, 3.05) is 7.11 Å². The lowest BCUT2D eigenvalue weighted by Crippen LogP contribution is -2.40. The van der Waals surface area contributed by atoms with E-state index < -0.39 is 5.82 Å². The number of carbonyl (C=O) groups excluding carboxylic acids is 3. The van der Waals surface area contributed by atoms with Gasteiger partial charge in [0, 0.05) is 18.4 Å². The van der Waals surface area contributed by atoms with Crippen LogP contribution in [0, 0.1) is 18.7 Å². The fraction of sp³-hybridized carbons (Fsp3) is 0.419. The van der Waals surface area contributed by atoms with E-state index in [1.165, 1.54) is 24.1 Å². The number of aromatic nitrogens is 2. The SMILES string of the molecule is COC(=O)CCC[C@H]1Cc2cccc(c2)[C@@H](NC(=O)c2cnn(-c3cccc(Cl)c3F)c2C)CCC[C@@H](C)C(=O)N1. The van der Waals surface area contributed by atoms with Crippen molar-refractivity contribution < 1.29 is 23.5 Å². The molecule has 2 aromatic carbocycles. The first-order chi connectivity index (χ1) is 19.7. The van der Waals surface area contributed by atoms with Crippen LogP contribution < -0.4 is 10.6 Å². The average Bonchev–Trinajstić information content (AvgIpc) is 3.34. The summed E-state index contributed by atoms with van der Waals surface area (Å²) in [5, 5.41) is 10.6. The highest BCUT2D eigenvalue weighted by molar-refractivity contribution is 6.30. The smallest absolute Gasteiger partial charge is 0.305 e. The third kappa shape index (κ3) is 7.52. The number of amides is 2. The van der Waals surface area contributed by atoms with Gasteiger partial charge in [-0.05, 0) is 62.3 Å². The van der Waals surface area contributed by atoms with Gasteiger partial charge in [0.25, 0.3) is 5.91 Å². The topological polar surface area (TPSA) is 102 Å². The van der Waals surface area contributed by atoms with Gasteiger partial charge >= 0.3 is 5.97 Å². The number of fused-ring (bicyclic) bond motifs is 2. The molecule has 4 rings (SSSR count). The molecule has 0 fully saturated rings. The number of methoxy groups -OCH3 is 1. The minimum Gasteiger partial charge on any atom is -0.469 e. The van der Waals surface area contributed by atoms with Crippen molar-refractivity contribution in [1.29, 1.82) is 0 Å². The Balaban J connectivity index is 1.56. The fourth-order valence-corrected chi connectivity index (χ4v) is 5.40. The van der Waals surface area contributed by atoms with Crippen LogP contribution >= 0.6 is 11.6 Å². The number of ether oxygens (including phenoxy) is 1. The van der Waals surface area contributed by atoms with Gasteiger partial charge in [0.15, 0.2) is 5.82 Å². The van der Waals surface area contributed by atoms with Gasteiger partial charge in [0.05, 0.1) is 35.6 Å².